The highest BCUT2D eigenvalue weighted by Crippen LogP contribution is 2.21. The Labute approximate surface area is 146 Å². The van der Waals surface area contributed by atoms with Crippen molar-refractivity contribution in [2.45, 2.75) is 0 Å². The molecular weight excluding hydrogens is 308 g/mol. The largest absolute Gasteiger partial charge is 0.497 e. The predicted molar refractivity (Wildman–Crippen MR) is 104 cm³/mol. The van der Waals surface area contributed by atoms with E-state index >= 15 is 0 Å². The maximum absolute atomic E-state index is 5.18. The number of ether oxygens (including phenoxy) is 1. The quantitative estimate of drug-likeness (QED) is 0.462. The van der Waals surface area contributed by atoms with Crippen molar-refractivity contribution >= 4 is 22.7 Å². The molecule has 25 heavy (non-hydrogen) atoms. The lowest BCUT2D eigenvalue weighted by atomic mass is 10.1. The molecule has 0 aliphatic heterocycles. The summed E-state index contributed by atoms with van der Waals surface area (Å²) in [6, 6.07) is 26.7. The van der Waals surface area contributed by atoms with Crippen LogP contribution in [0.5, 0.6) is 5.75 Å². The molecule has 0 radical (unpaired) electrons. The summed E-state index contributed by atoms with van der Waals surface area (Å²) in [5.41, 5.74) is 3.05. The highest BCUT2D eigenvalue weighted by atomic mass is 16.5. The van der Waals surface area contributed by atoms with Crippen molar-refractivity contribution in [2.24, 2.45) is 4.99 Å². The van der Waals surface area contributed by atoms with E-state index < -0.39 is 0 Å². The smallest absolute Gasteiger partial charge is 0.119 e. The van der Waals surface area contributed by atoms with Gasteiger partial charge in [0.1, 0.15) is 5.75 Å². The summed E-state index contributed by atoms with van der Waals surface area (Å²) >= 11 is 0. The van der Waals surface area contributed by atoms with Crippen LogP contribution in [-0.2, 0) is 0 Å². The molecular formula is C22H18N2O. The van der Waals surface area contributed by atoms with Crippen molar-refractivity contribution in [1.82, 2.24) is 4.57 Å². The summed E-state index contributed by atoms with van der Waals surface area (Å²) in [5, 5.41) is 2.47. The molecule has 0 saturated carbocycles. The van der Waals surface area contributed by atoms with Crippen molar-refractivity contribution in [1.29, 1.82) is 0 Å². The van der Waals surface area contributed by atoms with Crippen LogP contribution in [0.15, 0.2) is 90.1 Å². The first-order chi connectivity index (χ1) is 12.3. The number of fused-ring (bicyclic) bond motifs is 1. The Balaban J connectivity index is 1.65. The predicted octanol–water partition coefficient (Wildman–Crippen LogP) is 5.39. The van der Waals surface area contributed by atoms with E-state index in [1.54, 1.807) is 7.11 Å². The molecule has 0 aliphatic rings. The van der Waals surface area contributed by atoms with Gasteiger partial charge in [-0.15, -0.1) is 0 Å². The molecule has 4 aromatic rings. The van der Waals surface area contributed by atoms with Gasteiger partial charge in [-0.25, -0.2) is 0 Å². The van der Waals surface area contributed by atoms with Crippen LogP contribution in [0.3, 0.4) is 0 Å². The van der Waals surface area contributed by atoms with E-state index in [4.69, 9.17) is 4.74 Å². The van der Waals surface area contributed by atoms with Gasteiger partial charge in [0.05, 0.1) is 24.7 Å². The minimum absolute atomic E-state index is 0.832. The SMILES string of the molecule is COc1ccc(N=Cc2cccn2-c2ccc3ccccc3c2)cc1. The highest BCUT2D eigenvalue weighted by Gasteiger charge is 2.02. The fourth-order valence-electron chi connectivity index (χ4n) is 2.87. The summed E-state index contributed by atoms with van der Waals surface area (Å²) in [6.45, 7) is 0. The molecule has 0 fully saturated rings. The molecule has 0 bridgehead atoms. The molecule has 122 valence electrons. The van der Waals surface area contributed by atoms with Crippen LogP contribution in [-0.4, -0.2) is 17.9 Å². The lowest BCUT2D eigenvalue weighted by Gasteiger charge is -2.08. The monoisotopic (exact) mass is 326 g/mol. The van der Waals surface area contributed by atoms with Crippen molar-refractivity contribution in [3.05, 3.63) is 90.8 Å². The van der Waals surface area contributed by atoms with Crippen LogP contribution in [0, 0.1) is 0 Å². The number of methoxy groups -OCH3 is 1. The van der Waals surface area contributed by atoms with Gasteiger partial charge in [-0.2, -0.15) is 0 Å². The van der Waals surface area contributed by atoms with Gasteiger partial charge < -0.3 is 9.30 Å². The molecule has 0 atom stereocenters. The molecule has 0 spiro atoms. The Morgan fingerprint density at radius 1 is 0.840 bits per heavy atom. The van der Waals surface area contributed by atoms with E-state index in [2.05, 4.69) is 64.3 Å². The van der Waals surface area contributed by atoms with E-state index in [-0.39, 0.29) is 0 Å². The third kappa shape index (κ3) is 3.17. The van der Waals surface area contributed by atoms with Crippen LogP contribution in [0.2, 0.25) is 0 Å². The van der Waals surface area contributed by atoms with E-state index in [0.717, 1.165) is 22.8 Å². The van der Waals surface area contributed by atoms with Crippen LogP contribution in [0.4, 0.5) is 5.69 Å². The Morgan fingerprint density at radius 2 is 1.64 bits per heavy atom. The first-order valence-corrected chi connectivity index (χ1v) is 8.18. The standard InChI is InChI=1S/C22H18N2O/c1-25-22-12-9-19(10-13-22)23-16-21-7-4-14-24(21)20-11-8-17-5-2-3-6-18(17)15-20/h2-16H,1H3. The normalized spacial score (nSPS) is 11.2. The molecule has 0 aliphatic carbocycles. The Morgan fingerprint density at radius 3 is 2.44 bits per heavy atom. The van der Waals surface area contributed by atoms with Gasteiger partial charge in [-0.3, -0.25) is 4.99 Å². The van der Waals surface area contributed by atoms with Crippen molar-refractivity contribution in [3.63, 3.8) is 0 Å². The average Bonchev–Trinajstić information content (AvgIpc) is 3.15. The minimum Gasteiger partial charge on any atom is -0.497 e. The molecule has 3 nitrogen and oxygen atoms in total. The number of aliphatic imine (C=N–C) groups is 1. The summed E-state index contributed by atoms with van der Waals surface area (Å²) in [4.78, 5) is 4.57. The topological polar surface area (TPSA) is 26.5 Å². The van der Waals surface area contributed by atoms with E-state index in [1.165, 1.54) is 10.8 Å². The third-order valence-electron chi connectivity index (χ3n) is 4.21. The Bertz CT molecular complexity index is 1030. The summed E-state index contributed by atoms with van der Waals surface area (Å²) in [7, 11) is 1.66. The molecule has 0 saturated heterocycles. The molecule has 0 amide bonds. The fourth-order valence-corrected chi connectivity index (χ4v) is 2.87. The zero-order chi connectivity index (χ0) is 17.1. The van der Waals surface area contributed by atoms with Gasteiger partial charge >= 0.3 is 0 Å². The van der Waals surface area contributed by atoms with Gasteiger partial charge in [0.25, 0.3) is 0 Å². The van der Waals surface area contributed by atoms with Crippen molar-refractivity contribution < 1.29 is 4.74 Å². The number of nitrogens with zero attached hydrogens (tertiary/aromatic N) is 2. The number of benzene rings is 3. The van der Waals surface area contributed by atoms with Crippen LogP contribution in [0.1, 0.15) is 5.69 Å². The number of hydrogen-bond acceptors (Lipinski definition) is 2. The number of rotatable bonds is 4. The zero-order valence-electron chi connectivity index (χ0n) is 14.0. The summed E-state index contributed by atoms with van der Waals surface area (Å²) in [6.07, 6.45) is 3.94. The molecule has 3 heteroatoms. The van der Waals surface area contributed by atoms with E-state index in [1.807, 2.05) is 36.5 Å². The lowest BCUT2D eigenvalue weighted by Crippen LogP contribution is -1.97. The Kier molecular flexibility index (Phi) is 4.05. The fraction of sp³-hybridized carbons (Fsp3) is 0.0455. The maximum atomic E-state index is 5.18. The second-order valence-corrected chi connectivity index (χ2v) is 5.79. The molecule has 0 N–H and O–H groups in total. The minimum atomic E-state index is 0.832. The molecule has 1 aromatic heterocycles. The summed E-state index contributed by atoms with van der Waals surface area (Å²) < 4.78 is 7.31. The van der Waals surface area contributed by atoms with Crippen LogP contribution < -0.4 is 4.74 Å². The first-order valence-electron chi connectivity index (χ1n) is 8.18. The second kappa shape index (κ2) is 6.65. The van der Waals surface area contributed by atoms with Gasteiger partial charge in [0.2, 0.25) is 0 Å². The zero-order valence-corrected chi connectivity index (χ0v) is 14.0. The van der Waals surface area contributed by atoms with E-state index in [0.29, 0.717) is 0 Å². The van der Waals surface area contributed by atoms with Crippen molar-refractivity contribution in [3.8, 4) is 11.4 Å². The molecule has 1 heterocycles. The van der Waals surface area contributed by atoms with Crippen molar-refractivity contribution in [2.75, 3.05) is 7.11 Å². The lowest BCUT2D eigenvalue weighted by molar-refractivity contribution is 0.415. The van der Waals surface area contributed by atoms with E-state index in [9.17, 15) is 0 Å². The van der Waals surface area contributed by atoms with Gasteiger partial charge in [-0.05, 0) is 59.3 Å². The highest BCUT2D eigenvalue weighted by molar-refractivity contribution is 5.86. The van der Waals surface area contributed by atoms with Gasteiger partial charge in [0.15, 0.2) is 0 Å². The maximum Gasteiger partial charge on any atom is 0.119 e. The third-order valence-corrected chi connectivity index (χ3v) is 4.21. The molecule has 3 aromatic carbocycles. The first kappa shape index (κ1) is 15.2. The second-order valence-electron chi connectivity index (χ2n) is 5.79. The Hall–Kier alpha value is -3.33. The van der Waals surface area contributed by atoms with Crippen LogP contribution >= 0.6 is 0 Å². The number of hydrogen-bond donors (Lipinski definition) is 0. The average molecular weight is 326 g/mol. The van der Waals surface area contributed by atoms with Crippen LogP contribution in [0.25, 0.3) is 16.5 Å². The number of aromatic nitrogens is 1. The molecule has 0 unspecified atom stereocenters. The molecule has 4 rings (SSSR count). The summed E-state index contributed by atoms with van der Waals surface area (Å²) in [5.74, 6) is 0.832. The van der Waals surface area contributed by atoms with Gasteiger partial charge in [0, 0.05) is 11.9 Å². The van der Waals surface area contributed by atoms with Gasteiger partial charge in [-0.1, -0.05) is 30.3 Å².